The Hall–Kier alpha value is -3.04. The van der Waals surface area contributed by atoms with Gasteiger partial charge in [0.2, 0.25) is 0 Å². The van der Waals surface area contributed by atoms with Gasteiger partial charge in [-0.3, -0.25) is 4.79 Å². The summed E-state index contributed by atoms with van der Waals surface area (Å²) in [6, 6.07) is 7.77. The molecule has 1 aromatic carbocycles. The topological polar surface area (TPSA) is 61.9 Å². The third-order valence-electron chi connectivity index (χ3n) is 4.16. The molecule has 150 valence electrons. The van der Waals surface area contributed by atoms with Crippen molar-refractivity contribution in [2.45, 2.75) is 45.9 Å². The van der Waals surface area contributed by atoms with Crippen LogP contribution in [0.25, 0.3) is 0 Å². The van der Waals surface area contributed by atoms with Crippen molar-refractivity contribution in [3.63, 3.8) is 0 Å². The average Bonchev–Trinajstić information content (AvgIpc) is 3.20. The second-order valence-corrected chi connectivity index (χ2v) is 7.93. The van der Waals surface area contributed by atoms with E-state index in [9.17, 15) is 4.79 Å². The van der Waals surface area contributed by atoms with E-state index >= 15 is 0 Å². The molecule has 0 fully saturated rings. The molecule has 3 rings (SSSR count). The van der Waals surface area contributed by atoms with Crippen LogP contribution in [0.2, 0.25) is 5.02 Å². The predicted molar refractivity (Wildman–Crippen MR) is 113 cm³/mol. The van der Waals surface area contributed by atoms with Gasteiger partial charge in [-0.1, -0.05) is 35.6 Å². The quantitative estimate of drug-likeness (QED) is 0.599. The smallest absolute Gasteiger partial charge is 0.289 e. The summed E-state index contributed by atoms with van der Waals surface area (Å²) in [7, 11) is 0. The summed E-state index contributed by atoms with van der Waals surface area (Å²) < 4.78 is 9.04. The molecule has 0 atom stereocenters. The van der Waals surface area contributed by atoms with E-state index in [0.29, 0.717) is 0 Å². The maximum atomic E-state index is 12.4. The predicted octanol–water partition coefficient (Wildman–Crippen LogP) is 3.87. The Kier molecular flexibility index (Phi) is 6.40. The molecule has 6 nitrogen and oxygen atoms in total. The summed E-state index contributed by atoms with van der Waals surface area (Å²) in [5, 5.41) is 4.21. The molecule has 2 aromatic heterocycles. The van der Waals surface area contributed by atoms with Crippen molar-refractivity contribution < 1.29 is 4.74 Å². The van der Waals surface area contributed by atoms with Crippen LogP contribution < -0.4 is 10.3 Å². The Morgan fingerprint density at radius 2 is 1.97 bits per heavy atom. The number of hydrogen-bond acceptors (Lipinski definition) is 4. The van der Waals surface area contributed by atoms with E-state index in [4.69, 9.17) is 16.3 Å². The summed E-state index contributed by atoms with van der Waals surface area (Å²) in [5.74, 6) is 6.58. The first-order valence-corrected chi connectivity index (χ1v) is 9.67. The van der Waals surface area contributed by atoms with Gasteiger partial charge in [-0.2, -0.15) is 5.10 Å². The minimum atomic E-state index is -0.450. The molecule has 0 saturated heterocycles. The van der Waals surface area contributed by atoms with Crippen LogP contribution in [0.15, 0.2) is 54.0 Å². The Labute approximate surface area is 175 Å². The van der Waals surface area contributed by atoms with Gasteiger partial charge in [-0.15, -0.1) is 0 Å². The highest BCUT2D eigenvalue weighted by Crippen LogP contribution is 2.21. The summed E-state index contributed by atoms with van der Waals surface area (Å²) in [6.45, 7) is 6.78. The van der Waals surface area contributed by atoms with Crippen molar-refractivity contribution >= 4 is 11.6 Å². The molecule has 0 N–H and O–H groups in total. The minimum Gasteiger partial charge on any atom is -0.485 e. The lowest BCUT2D eigenvalue weighted by molar-refractivity contribution is 0.292. The third-order valence-corrected chi connectivity index (χ3v) is 4.51. The number of aryl methyl sites for hydroxylation is 1. The van der Waals surface area contributed by atoms with Crippen LogP contribution in [0.1, 0.15) is 38.3 Å². The van der Waals surface area contributed by atoms with Crippen molar-refractivity contribution in [1.29, 1.82) is 0 Å². The van der Waals surface area contributed by atoms with Crippen LogP contribution in [0, 0.1) is 11.8 Å². The molecule has 0 aliphatic heterocycles. The fourth-order valence-corrected chi connectivity index (χ4v) is 2.79. The zero-order valence-corrected chi connectivity index (χ0v) is 17.5. The van der Waals surface area contributed by atoms with Gasteiger partial charge < -0.3 is 9.30 Å². The van der Waals surface area contributed by atoms with Crippen LogP contribution >= 0.6 is 11.6 Å². The zero-order valence-electron chi connectivity index (χ0n) is 16.7. The number of benzene rings is 1. The number of hydrogen-bond donors (Lipinski definition) is 0. The lowest BCUT2D eigenvalue weighted by Gasteiger charge is -2.21. The first-order chi connectivity index (χ1) is 13.8. The molecule has 29 heavy (non-hydrogen) atoms. The summed E-state index contributed by atoms with van der Waals surface area (Å²) in [5.41, 5.74) is 1.07. The van der Waals surface area contributed by atoms with E-state index in [2.05, 4.69) is 21.9 Å². The molecule has 0 bridgehead atoms. The van der Waals surface area contributed by atoms with Crippen LogP contribution in [0.4, 0.5) is 0 Å². The molecule has 0 spiro atoms. The molecule has 0 aliphatic rings. The van der Waals surface area contributed by atoms with E-state index in [1.54, 1.807) is 12.5 Å². The fraction of sp³-hybridized carbons (Fsp3) is 0.318. The number of halogens is 1. The number of nitrogens with zero attached hydrogens (tertiary/aromatic N) is 4. The van der Waals surface area contributed by atoms with Crippen LogP contribution in [0.3, 0.4) is 0 Å². The van der Waals surface area contributed by atoms with Crippen molar-refractivity contribution in [3.8, 4) is 17.6 Å². The molecule has 0 aliphatic carbocycles. The molecule has 7 heteroatoms. The molecular formula is C22H23ClN4O2. The van der Waals surface area contributed by atoms with Gasteiger partial charge in [0.15, 0.2) is 10.8 Å². The normalized spacial score (nSPS) is 11.0. The lowest BCUT2D eigenvalue weighted by atomic mass is 10.1. The van der Waals surface area contributed by atoms with Crippen molar-refractivity contribution in [2.75, 3.05) is 0 Å². The van der Waals surface area contributed by atoms with Gasteiger partial charge in [0.25, 0.3) is 5.56 Å². The maximum absolute atomic E-state index is 12.4. The molecule has 0 unspecified atom stereocenters. The van der Waals surface area contributed by atoms with Crippen LogP contribution in [-0.4, -0.2) is 19.3 Å². The molecule has 3 aromatic rings. The average molecular weight is 411 g/mol. The molecule has 0 amide bonds. The third kappa shape index (κ3) is 5.49. The first kappa shape index (κ1) is 20.7. The summed E-state index contributed by atoms with van der Waals surface area (Å²) in [6.07, 6.45) is 7.70. The highest BCUT2D eigenvalue weighted by Gasteiger charge is 2.19. The standard InChI is InChI=1S/C22H23ClN4O2/c1-22(2,3)27-21(28)20(23)19(14-25-27)29-15-18-9-7-17(8-10-18)6-4-5-12-26-13-11-24-16-26/h7-11,13-14,16H,5,12,15H2,1-3H3. The Bertz CT molecular complexity index is 1070. The van der Waals surface area contributed by atoms with E-state index < -0.39 is 5.54 Å². The summed E-state index contributed by atoms with van der Waals surface area (Å²) >= 11 is 6.18. The Morgan fingerprint density at radius 3 is 2.62 bits per heavy atom. The minimum absolute atomic E-state index is 0.0373. The number of aromatic nitrogens is 4. The van der Waals surface area contributed by atoms with E-state index in [0.717, 1.165) is 24.1 Å². The number of ether oxygens (including phenoxy) is 1. The van der Waals surface area contributed by atoms with Gasteiger partial charge in [0, 0.05) is 30.9 Å². The second kappa shape index (κ2) is 8.97. The summed E-state index contributed by atoms with van der Waals surface area (Å²) in [4.78, 5) is 16.4. The van der Waals surface area contributed by atoms with Crippen LogP contribution in [0.5, 0.6) is 5.75 Å². The Morgan fingerprint density at radius 1 is 1.21 bits per heavy atom. The van der Waals surface area contributed by atoms with Gasteiger partial charge in [-0.25, -0.2) is 9.67 Å². The molecule has 0 radical (unpaired) electrons. The van der Waals surface area contributed by atoms with Crippen LogP contribution in [-0.2, 0) is 18.7 Å². The molecule has 2 heterocycles. The van der Waals surface area contributed by atoms with Crippen molar-refractivity contribution in [3.05, 3.63) is 75.7 Å². The van der Waals surface area contributed by atoms with E-state index in [1.807, 2.05) is 55.8 Å². The Balaban J connectivity index is 1.58. The van der Waals surface area contributed by atoms with Crippen molar-refractivity contribution in [2.24, 2.45) is 0 Å². The van der Waals surface area contributed by atoms with Gasteiger partial charge in [-0.05, 0) is 38.5 Å². The van der Waals surface area contributed by atoms with Gasteiger partial charge >= 0.3 is 0 Å². The highest BCUT2D eigenvalue weighted by molar-refractivity contribution is 6.31. The zero-order chi connectivity index (χ0) is 20.9. The van der Waals surface area contributed by atoms with Gasteiger partial charge in [0.05, 0.1) is 18.1 Å². The second-order valence-electron chi connectivity index (χ2n) is 7.55. The van der Waals surface area contributed by atoms with Crippen molar-refractivity contribution in [1.82, 2.24) is 19.3 Å². The fourth-order valence-electron chi connectivity index (χ4n) is 2.61. The monoisotopic (exact) mass is 410 g/mol. The number of rotatable bonds is 5. The van der Waals surface area contributed by atoms with E-state index in [-0.39, 0.29) is 22.9 Å². The molecular weight excluding hydrogens is 388 g/mol. The largest absolute Gasteiger partial charge is 0.485 e. The lowest BCUT2D eigenvalue weighted by Crippen LogP contribution is -2.36. The van der Waals surface area contributed by atoms with Gasteiger partial charge in [0.1, 0.15) is 6.61 Å². The molecule has 0 saturated carbocycles. The first-order valence-electron chi connectivity index (χ1n) is 9.29. The highest BCUT2D eigenvalue weighted by atomic mass is 35.5. The SMILES string of the molecule is CC(C)(C)n1ncc(OCc2ccc(C#CCCn3ccnc3)cc2)c(Cl)c1=O. The maximum Gasteiger partial charge on any atom is 0.289 e. The number of imidazole rings is 1. The van der Waals surface area contributed by atoms with E-state index in [1.165, 1.54) is 10.9 Å².